The maximum Gasteiger partial charge on any atom is 0.515 e. The van der Waals surface area contributed by atoms with Crippen LogP contribution >= 0.6 is 11.3 Å². The zero-order valence-corrected chi connectivity index (χ0v) is 15.3. The number of carbonyl (C=O) groups excluding carboxylic acids is 1. The summed E-state index contributed by atoms with van der Waals surface area (Å²) < 4.78 is 16.2. The van der Waals surface area contributed by atoms with Gasteiger partial charge in [0.15, 0.2) is 11.6 Å². The van der Waals surface area contributed by atoms with E-state index in [1.54, 1.807) is 29.5 Å². The molecule has 4 rings (SSSR count). The molecule has 1 aliphatic rings. The van der Waals surface area contributed by atoms with Gasteiger partial charge < -0.3 is 19.1 Å². The molecule has 1 aromatic carbocycles. The lowest BCUT2D eigenvalue weighted by molar-refractivity contribution is 0.102. The Morgan fingerprint density at radius 3 is 2.93 bits per heavy atom. The minimum Gasteiger partial charge on any atom is -0.418 e. The van der Waals surface area contributed by atoms with Crippen LogP contribution in [-0.4, -0.2) is 49.2 Å². The van der Waals surface area contributed by atoms with Gasteiger partial charge in [0.1, 0.15) is 12.5 Å². The van der Waals surface area contributed by atoms with Crippen molar-refractivity contribution in [2.75, 3.05) is 37.9 Å². The van der Waals surface area contributed by atoms with Crippen LogP contribution in [0.3, 0.4) is 0 Å². The highest BCUT2D eigenvalue weighted by Crippen LogP contribution is 2.32. The van der Waals surface area contributed by atoms with Crippen molar-refractivity contribution in [3.8, 4) is 17.1 Å². The van der Waals surface area contributed by atoms with Crippen LogP contribution < -0.4 is 15.4 Å². The molecule has 0 bridgehead atoms. The van der Waals surface area contributed by atoms with Crippen LogP contribution in [0.1, 0.15) is 0 Å². The lowest BCUT2D eigenvalue weighted by Gasteiger charge is -2.28. The monoisotopic (exact) mass is 386 g/mol. The van der Waals surface area contributed by atoms with Gasteiger partial charge in [-0.05, 0) is 23.6 Å². The molecule has 3 aromatic rings. The van der Waals surface area contributed by atoms with Crippen molar-refractivity contribution in [2.45, 2.75) is 0 Å². The molecular weight excluding hydrogens is 368 g/mol. The molecule has 2 aromatic heterocycles. The first kappa shape index (κ1) is 17.7. The summed E-state index contributed by atoms with van der Waals surface area (Å²) in [7, 11) is 0. The van der Waals surface area contributed by atoms with Crippen molar-refractivity contribution >= 4 is 33.5 Å². The third kappa shape index (κ3) is 3.85. The van der Waals surface area contributed by atoms with Gasteiger partial charge in [0.05, 0.1) is 23.4 Å². The Hall–Kier alpha value is -2.75. The minimum absolute atomic E-state index is 0.237. The van der Waals surface area contributed by atoms with Crippen molar-refractivity contribution in [3.63, 3.8) is 0 Å². The maximum atomic E-state index is 11.5. The Labute approximate surface area is 159 Å². The van der Waals surface area contributed by atoms with E-state index in [1.165, 1.54) is 0 Å². The molecule has 0 amide bonds. The van der Waals surface area contributed by atoms with E-state index in [1.807, 2.05) is 17.5 Å². The van der Waals surface area contributed by atoms with Crippen LogP contribution in [0, 0.1) is 0 Å². The predicted octanol–water partition coefficient (Wildman–Crippen LogP) is 2.63. The lowest BCUT2D eigenvalue weighted by atomic mass is 10.2. The molecule has 1 fully saturated rings. The highest BCUT2D eigenvalue weighted by atomic mass is 32.1. The normalized spacial score (nSPS) is 14.3. The molecule has 2 N–H and O–H groups in total. The van der Waals surface area contributed by atoms with Gasteiger partial charge >= 0.3 is 6.16 Å². The Bertz CT molecular complexity index is 955. The molecule has 8 nitrogen and oxygen atoms in total. The van der Waals surface area contributed by atoms with Crippen molar-refractivity contribution < 1.29 is 19.0 Å². The van der Waals surface area contributed by atoms with Crippen LogP contribution in [0.4, 0.5) is 10.6 Å². The predicted molar refractivity (Wildman–Crippen MR) is 102 cm³/mol. The summed E-state index contributed by atoms with van der Waals surface area (Å²) in [6, 6.07) is 8.99. The number of nitrogens with zero attached hydrogens (tertiary/aromatic N) is 3. The summed E-state index contributed by atoms with van der Waals surface area (Å²) in [4.78, 5) is 23.2. The van der Waals surface area contributed by atoms with Gasteiger partial charge in [-0.1, -0.05) is 12.1 Å². The number of benzene rings is 1. The second-order valence-electron chi connectivity index (χ2n) is 5.80. The van der Waals surface area contributed by atoms with Gasteiger partial charge in [-0.3, -0.25) is 5.73 Å². The average molecular weight is 386 g/mol. The van der Waals surface area contributed by atoms with Gasteiger partial charge in [0.2, 0.25) is 0 Å². The smallest absolute Gasteiger partial charge is 0.418 e. The first-order valence-electron chi connectivity index (χ1n) is 8.47. The third-order valence-corrected chi connectivity index (χ3v) is 4.99. The summed E-state index contributed by atoms with van der Waals surface area (Å²) in [5, 5.41) is 2.01. The summed E-state index contributed by atoms with van der Waals surface area (Å²) in [5.74, 6) is 1.81. The van der Waals surface area contributed by atoms with Crippen molar-refractivity contribution in [1.29, 1.82) is 0 Å². The maximum absolute atomic E-state index is 11.5. The van der Waals surface area contributed by atoms with E-state index in [0.29, 0.717) is 24.8 Å². The summed E-state index contributed by atoms with van der Waals surface area (Å²) in [6.07, 6.45) is -0.849. The molecular formula is C18H18N4O4S. The highest BCUT2D eigenvalue weighted by Gasteiger charge is 2.19. The summed E-state index contributed by atoms with van der Waals surface area (Å²) in [5.41, 5.74) is 6.81. The first-order chi connectivity index (χ1) is 13.2. The van der Waals surface area contributed by atoms with Gasteiger partial charge in [0, 0.05) is 18.7 Å². The Morgan fingerprint density at radius 2 is 2.11 bits per heavy atom. The van der Waals surface area contributed by atoms with Gasteiger partial charge in [0.25, 0.3) is 0 Å². The Balaban J connectivity index is 1.70. The number of hydrogen-bond acceptors (Lipinski definition) is 9. The molecule has 9 heteroatoms. The molecule has 0 spiro atoms. The topological polar surface area (TPSA) is 99.8 Å². The van der Waals surface area contributed by atoms with Crippen molar-refractivity contribution in [1.82, 2.24) is 9.97 Å². The number of aromatic nitrogens is 2. The van der Waals surface area contributed by atoms with Crippen LogP contribution in [-0.2, 0) is 9.47 Å². The fourth-order valence-electron chi connectivity index (χ4n) is 2.86. The van der Waals surface area contributed by atoms with Crippen molar-refractivity contribution in [2.24, 2.45) is 5.73 Å². The molecule has 0 radical (unpaired) electrons. The van der Waals surface area contributed by atoms with Crippen LogP contribution in [0.2, 0.25) is 0 Å². The number of hydrogen-bond donors (Lipinski definition) is 1. The van der Waals surface area contributed by atoms with E-state index >= 15 is 0 Å². The van der Waals surface area contributed by atoms with Crippen molar-refractivity contribution in [3.05, 3.63) is 35.7 Å². The van der Waals surface area contributed by atoms with E-state index < -0.39 is 6.16 Å². The molecule has 3 heterocycles. The van der Waals surface area contributed by atoms with Gasteiger partial charge in [-0.2, -0.15) is 0 Å². The largest absolute Gasteiger partial charge is 0.515 e. The van der Waals surface area contributed by atoms with Crippen LogP contribution in [0.15, 0.2) is 35.7 Å². The number of carbonyl (C=O) groups is 1. The molecule has 1 saturated heterocycles. The van der Waals surface area contributed by atoms with E-state index in [4.69, 9.17) is 20.2 Å². The Morgan fingerprint density at radius 1 is 1.26 bits per heavy atom. The molecule has 27 heavy (non-hydrogen) atoms. The summed E-state index contributed by atoms with van der Waals surface area (Å²) in [6.45, 7) is 2.70. The van der Waals surface area contributed by atoms with Gasteiger partial charge in [-0.25, -0.2) is 14.8 Å². The summed E-state index contributed by atoms with van der Waals surface area (Å²) >= 11 is 1.62. The lowest BCUT2D eigenvalue weighted by Crippen LogP contribution is -2.36. The fraction of sp³-hybridized carbons (Fsp3) is 0.278. The molecule has 0 atom stereocenters. The van der Waals surface area contributed by atoms with E-state index in [-0.39, 0.29) is 6.73 Å². The highest BCUT2D eigenvalue weighted by molar-refractivity contribution is 7.17. The molecule has 0 saturated carbocycles. The molecule has 140 valence electrons. The van der Waals surface area contributed by atoms with Crippen LogP contribution in [0.5, 0.6) is 5.75 Å². The molecule has 0 aliphatic carbocycles. The van der Waals surface area contributed by atoms with Crippen LogP contribution in [0.25, 0.3) is 21.6 Å². The number of morpholine rings is 1. The zero-order chi connectivity index (χ0) is 18.6. The second-order valence-corrected chi connectivity index (χ2v) is 6.71. The molecule has 1 aliphatic heterocycles. The van der Waals surface area contributed by atoms with Gasteiger partial charge in [-0.15, -0.1) is 11.3 Å². The second kappa shape index (κ2) is 7.87. The Kier molecular flexibility index (Phi) is 5.14. The standard InChI is InChI=1S/C18H18N4O4S/c19-11-25-18(23)26-13-3-1-2-12(10-13)16-20-14-4-9-27-15(14)17(21-16)22-5-7-24-8-6-22/h1-4,9-10H,5-8,11,19H2. The number of ether oxygens (including phenoxy) is 3. The quantitative estimate of drug-likeness (QED) is 0.415. The zero-order valence-electron chi connectivity index (χ0n) is 14.5. The SMILES string of the molecule is NCOC(=O)Oc1cccc(-c2nc(N3CCOCC3)c3sccc3n2)c1. The minimum atomic E-state index is -0.849. The number of anilines is 1. The van der Waals surface area contributed by atoms with E-state index in [0.717, 1.165) is 34.7 Å². The average Bonchev–Trinajstić information content (AvgIpc) is 3.17. The number of rotatable bonds is 4. The number of fused-ring (bicyclic) bond motifs is 1. The van der Waals surface area contributed by atoms with E-state index in [9.17, 15) is 4.79 Å². The third-order valence-electron chi connectivity index (χ3n) is 4.09. The van der Waals surface area contributed by atoms with E-state index in [2.05, 4.69) is 14.6 Å². The number of nitrogens with two attached hydrogens (primary N) is 1. The fourth-order valence-corrected chi connectivity index (χ4v) is 3.71. The first-order valence-corrected chi connectivity index (χ1v) is 9.35. The molecule has 0 unspecified atom stereocenters. The number of thiophene rings is 1.